The summed E-state index contributed by atoms with van der Waals surface area (Å²) in [6.07, 6.45) is -2.61. The molecule has 2 rings (SSSR count). The van der Waals surface area contributed by atoms with E-state index in [4.69, 9.17) is 15.7 Å². The Kier molecular flexibility index (Phi) is 6.39. The summed E-state index contributed by atoms with van der Waals surface area (Å²) in [6, 6.07) is 6.50. The molecule has 0 spiro atoms. The van der Waals surface area contributed by atoms with Gasteiger partial charge in [-0.2, -0.15) is 13.2 Å². The van der Waals surface area contributed by atoms with Crippen LogP contribution in [0.25, 0.3) is 0 Å². The molecular weight excluding hydrogens is 347 g/mol. The van der Waals surface area contributed by atoms with Gasteiger partial charge in [0.15, 0.2) is 0 Å². The van der Waals surface area contributed by atoms with Gasteiger partial charge in [-0.3, -0.25) is 24.7 Å². The number of hydrogen-bond acceptors (Lipinski definition) is 5. The highest BCUT2D eigenvalue weighted by Crippen LogP contribution is 2.13. The molecule has 0 aliphatic carbocycles. The van der Waals surface area contributed by atoms with E-state index in [1.807, 2.05) is 5.43 Å². The van der Waals surface area contributed by atoms with E-state index >= 15 is 0 Å². The van der Waals surface area contributed by atoms with Gasteiger partial charge >= 0.3 is 12.1 Å². The lowest BCUT2D eigenvalue weighted by Crippen LogP contribution is -2.30. The predicted molar refractivity (Wildman–Crippen MR) is 76.5 cm³/mol. The number of halogens is 3. The predicted octanol–water partition coefficient (Wildman–Crippen LogP) is 0.348. The van der Waals surface area contributed by atoms with Crippen molar-refractivity contribution in [3.8, 4) is 0 Å². The van der Waals surface area contributed by atoms with Crippen LogP contribution >= 0.6 is 0 Å². The smallest absolute Gasteiger partial charge is 0.475 e. The number of hydrazine groups is 1. The average molecular weight is 359 g/mol. The Hall–Kier alpha value is -3.21. The standard InChI is InChI=1S/C12H11N3O3.C2HF3O2/c13-14-12(18)9-3-1-8(2-4-9)7-15-10(16)5-6-11(15)17;3-2(4,5)1(6)7/h1-6H,7,13H2,(H,14,18);(H,6,7). The zero-order valence-corrected chi connectivity index (χ0v) is 12.4. The molecule has 8 nitrogen and oxygen atoms in total. The van der Waals surface area contributed by atoms with Gasteiger partial charge in [-0.05, 0) is 17.7 Å². The van der Waals surface area contributed by atoms with Crippen LogP contribution < -0.4 is 11.3 Å². The monoisotopic (exact) mass is 359 g/mol. The Morgan fingerprint density at radius 1 is 1.08 bits per heavy atom. The van der Waals surface area contributed by atoms with E-state index in [2.05, 4.69) is 0 Å². The number of nitrogens with one attached hydrogen (secondary N) is 1. The number of imide groups is 1. The first-order valence-electron chi connectivity index (χ1n) is 6.49. The maximum Gasteiger partial charge on any atom is 0.490 e. The molecule has 1 aromatic carbocycles. The first-order chi connectivity index (χ1) is 11.6. The van der Waals surface area contributed by atoms with Crippen molar-refractivity contribution in [2.45, 2.75) is 12.7 Å². The molecule has 1 aliphatic heterocycles. The highest BCUT2D eigenvalue weighted by Gasteiger charge is 2.38. The number of carboxylic acids is 1. The van der Waals surface area contributed by atoms with Crippen LogP contribution in [0, 0.1) is 0 Å². The van der Waals surface area contributed by atoms with Crippen LogP contribution in [0.4, 0.5) is 13.2 Å². The van der Waals surface area contributed by atoms with E-state index in [0.29, 0.717) is 5.56 Å². The van der Waals surface area contributed by atoms with Gasteiger partial charge in [-0.1, -0.05) is 12.1 Å². The minimum atomic E-state index is -5.08. The molecule has 0 atom stereocenters. The van der Waals surface area contributed by atoms with Crippen LogP contribution in [0.15, 0.2) is 36.4 Å². The molecule has 25 heavy (non-hydrogen) atoms. The second kappa shape index (κ2) is 8.06. The molecule has 0 saturated carbocycles. The Morgan fingerprint density at radius 2 is 1.52 bits per heavy atom. The number of carbonyl (C=O) groups excluding carboxylic acids is 3. The number of rotatable bonds is 3. The summed E-state index contributed by atoms with van der Waals surface area (Å²) in [6.45, 7) is 0.190. The molecule has 1 aliphatic rings. The number of nitrogens with zero attached hydrogens (tertiary/aromatic N) is 1. The van der Waals surface area contributed by atoms with E-state index in [9.17, 15) is 27.6 Å². The van der Waals surface area contributed by atoms with E-state index in [1.165, 1.54) is 12.2 Å². The molecule has 0 radical (unpaired) electrons. The lowest BCUT2D eigenvalue weighted by atomic mass is 10.1. The topological polar surface area (TPSA) is 130 Å². The number of aliphatic carboxylic acids is 1. The summed E-state index contributed by atoms with van der Waals surface area (Å²) in [5.41, 5.74) is 3.19. The van der Waals surface area contributed by atoms with E-state index in [1.54, 1.807) is 24.3 Å². The van der Waals surface area contributed by atoms with Gasteiger partial charge in [0.25, 0.3) is 17.7 Å². The van der Waals surface area contributed by atoms with E-state index < -0.39 is 18.1 Å². The lowest BCUT2D eigenvalue weighted by molar-refractivity contribution is -0.192. The number of hydrogen-bond donors (Lipinski definition) is 3. The molecule has 0 bridgehead atoms. The molecule has 0 unspecified atom stereocenters. The summed E-state index contributed by atoms with van der Waals surface area (Å²) in [4.78, 5) is 43.9. The molecule has 11 heteroatoms. The minimum absolute atomic E-state index is 0.190. The zero-order valence-electron chi connectivity index (χ0n) is 12.4. The lowest BCUT2D eigenvalue weighted by Gasteiger charge is -2.13. The largest absolute Gasteiger partial charge is 0.490 e. The number of carboxylic acid groups (broad SMARTS) is 1. The van der Waals surface area contributed by atoms with Gasteiger partial charge in [0.2, 0.25) is 0 Å². The molecule has 1 heterocycles. The number of nitrogen functional groups attached to an aromatic ring is 1. The third kappa shape index (κ3) is 5.73. The molecule has 0 fully saturated rings. The van der Waals surface area contributed by atoms with Crippen LogP contribution in [-0.4, -0.2) is 39.9 Å². The van der Waals surface area contributed by atoms with E-state index in [0.717, 1.165) is 10.5 Å². The summed E-state index contributed by atoms with van der Waals surface area (Å²) < 4.78 is 31.7. The SMILES string of the molecule is NNC(=O)c1ccc(CN2C(=O)C=CC2=O)cc1.O=C(O)C(F)(F)F. The van der Waals surface area contributed by atoms with E-state index in [-0.39, 0.29) is 18.4 Å². The van der Waals surface area contributed by atoms with Gasteiger partial charge in [0.1, 0.15) is 0 Å². The highest BCUT2D eigenvalue weighted by molar-refractivity contribution is 6.12. The molecule has 134 valence electrons. The second-order valence-corrected chi connectivity index (χ2v) is 4.57. The molecule has 0 aromatic heterocycles. The second-order valence-electron chi connectivity index (χ2n) is 4.57. The zero-order chi connectivity index (χ0) is 19.2. The van der Waals surface area contributed by atoms with Crippen LogP contribution in [-0.2, 0) is 20.9 Å². The van der Waals surface area contributed by atoms with Crippen molar-refractivity contribution in [1.82, 2.24) is 10.3 Å². The minimum Gasteiger partial charge on any atom is -0.475 e. The molecule has 1 aromatic rings. The normalized spacial score (nSPS) is 13.4. The average Bonchev–Trinajstić information content (AvgIpc) is 2.86. The van der Waals surface area contributed by atoms with Crippen LogP contribution in [0.1, 0.15) is 15.9 Å². The Labute approximate surface area is 138 Å². The van der Waals surface area contributed by atoms with Crippen molar-refractivity contribution >= 4 is 23.7 Å². The quantitative estimate of drug-likeness (QED) is 0.309. The molecule has 4 N–H and O–H groups in total. The fourth-order valence-corrected chi connectivity index (χ4v) is 1.61. The fourth-order valence-electron chi connectivity index (χ4n) is 1.61. The fraction of sp³-hybridized carbons (Fsp3) is 0.143. The van der Waals surface area contributed by atoms with Crippen LogP contribution in [0.2, 0.25) is 0 Å². The number of alkyl halides is 3. The maximum atomic E-state index is 11.3. The van der Waals surface area contributed by atoms with Crippen molar-refractivity contribution in [2.24, 2.45) is 5.84 Å². The number of benzene rings is 1. The third-order valence-electron chi connectivity index (χ3n) is 2.83. The van der Waals surface area contributed by atoms with Gasteiger partial charge in [0, 0.05) is 17.7 Å². The number of carbonyl (C=O) groups is 4. The number of amides is 3. The van der Waals surface area contributed by atoms with Gasteiger partial charge < -0.3 is 5.11 Å². The van der Waals surface area contributed by atoms with Crippen molar-refractivity contribution in [3.05, 3.63) is 47.5 Å². The summed E-state index contributed by atoms with van der Waals surface area (Å²) in [5, 5.41) is 7.12. The number of nitrogens with two attached hydrogens (primary N) is 1. The molecular formula is C14H12F3N3O5. The van der Waals surface area contributed by atoms with Crippen molar-refractivity contribution in [2.75, 3.05) is 0 Å². The molecule has 0 saturated heterocycles. The Bertz CT molecular complexity index is 695. The van der Waals surface area contributed by atoms with Crippen LogP contribution in [0.5, 0.6) is 0 Å². The Balaban J connectivity index is 0.000000381. The summed E-state index contributed by atoms with van der Waals surface area (Å²) >= 11 is 0. The Morgan fingerprint density at radius 3 is 1.88 bits per heavy atom. The van der Waals surface area contributed by atoms with Gasteiger partial charge in [-0.25, -0.2) is 10.6 Å². The van der Waals surface area contributed by atoms with Crippen LogP contribution in [0.3, 0.4) is 0 Å². The van der Waals surface area contributed by atoms with Crippen molar-refractivity contribution in [3.63, 3.8) is 0 Å². The maximum absolute atomic E-state index is 11.3. The summed E-state index contributed by atoms with van der Waals surface area (Å²) in [5.74, 6) is 1.20. The first-order valence-corrected chi connectivity index (χ1v) is 6.49. The highest BCUT2D eigenvalue weighted by atomic mass is 19.4. The third-order valence-corrected chi connectivity index (χ3v) is 2.83. The van der Waals surface area contributed by atoms with Crippen molar-refractivity contribution < 1.29 is 37.5 Å². The molecule has 3 amide bonds. The van der Waals surface area contributed by atoms with Gasteiger partial charge in [-0.15, -0.1) is 0 Å². The first kappa shape index (κ1) is 19.8. The van der Waals surface area contributed by atoms with Gasteiger partial charge in [0.05, 0.1) is 6.54 Å². The summed E-state index contributed by atoms with van der Waals surface area (Å²) in [7, 11) is 0. The van der Waals surface area contributed by atoms with Crippen molar-refractivity contribution in [1.29, 1.82) is 0 Å².